The average Bonchev–Trinajstić information content (AvgIpc) is 2.90. The maximum absolute atomic E-state index is 12.2. The Labute approximate surface area is 230 Å². The van der Waals surface area contributed by atoms with E-state index in [1.54, 1.807) is 6.08 Å². The highest BCUT2D eigenvalue weighted by atomic mass is 16.3. The van der Waals surface area contributed by atoms with Crippen LogP contribution in [0.2, 0.25) is 0 Å². The van der Waals surface area contributed by atoms with Gasteiger partial charge in [-0.15, -0.1) is 0 Å². The molecule has 0 aliphatic rings. The highest BCUT2D eigenvalue weighted by molar-refractivity contribution is 5.76. The fourth-order valence-electron chi connectivity index (χ4n) is 4.66. The monoisotopic (exact) mass is 521 g/mol. The van der Waals surface area contributed by atoms with Crippen LogP contribution in [0.1, 0.15) is 162 Å². The molecule has 0 saturated heterocycles. The smallest absolute Gasteiger partial charge is 0.220 e. The molecule has 0 aromatic rings. The van der Waals surface area contributed by atoms with Crippen LogP contribution in [0.5, 0.6) is 0 Å². The summed E-state index contributed by atoms with van der Waals surface area (Å²) >= 11 is 0. The maximum Gasteiger partial charge on any atom is 0.220 e. The van der Waals surface area contributed by atoms with E-state index in [0.29, 0.717) is 6.42 Å². The van der Waals surface area contributed by atoms with Gasteiger partial charge < -0.3 is 15.5 Å². The maximum atomic E-state index is 12.2. The Morgan fingerprint density at radius 2 is 1.05 bits per heavy atom. The Morgan fingerprint density at radius 3 is 1.57 bits per heavy atom. The van der Waals surface area contributed by atoms with E-state index in [1.807, 2.05) is 6.08 Å². The number of carbonyl (C=O) groups is 1. The van der Waals surface area contributed by atoms with Crippen molar-refractivity contribution >= 4 is 5.91 Å². The Morgan fingerprint density at radius 1 is 0.622 bits per heavy atom. The lowest BCUT2D eigenvalue weighted by Crippen LogP contribution is -2.45. The molecule has 2 unspecified atom stereocenters. The van der Waals surface area contributed by atoms with Crippen LogP contribution >= 0.6 is 0 Å². The van der Waals surface area contributed by atoms with Gasteiger partial charge in [-0.2, -0.15) is 0 Å². The standard InChI is InChI=1S/C33H63NO3/c1-3-5-7-9-11-13-15-16-17-19-21-23-25-27-29-33(37)34-31(30-35)32(36)28-26-24-22-20-18-14-12-10-8-6-4-2/h18,20,26,28,31-32,35-36H,3-17,19,21-25,27,29-30H2,1-2H3,(H,34,37)/b20-18+,28-26+. The molecule has 0 saturated carbocycles. The Hall–Kier alpha value is -1.13. The topological polar surface area (TPSA) is 69.6 Å². The molecule has 4 heteroatoms. The molecule has 0 aromatic heterocycles. The van der Waals surface area contributed by atoms with Crippen LogP contribution in [0.4, 0.5) is 0 Å². The summed E-state index contributed by atoms with van der Waals surface area (Å²) in [5.41, 5.74) is 0. The van der Waals surface area contributed by atoms with Crippen molar-refractivity contribution in [3.05, 3.63) is 24.3 Å². The van der Waals surface area contributed by atoms with Crippen LogP contribution in [0.3, 0.4) is 0 Å². The van der Waals surface area contributed by atoms with Crippen molar-refractivity contribution in [1.29, 1.82) is 0 Å². The van der Waals surface area contributed by atoms with Crippen molar-refractivity contribution in [2.75, 3.05) is 6.61 Å². The molecule has 0 fully saturated rings. The minimum absolute atomic E-state index is 0.0766. The molecule has 218 valence electrons. The third-order valence-corrected chi connectivity index (χ3v) is 7.19. The normalized spacial score (nSPS) is 13.5. The summed E-state index contributed by atoms with van der Waals surface area (Å²) in [7, 11) is 0. The molecular weight excluding hydrogens is 458 g/mol. The van der Waals surface area contributed by atoms with Crippen molar-refractivity contribution in [1.82, 2.24) is 5.32 Å². The molecule has 0 aliphatic heterocycles. The van der Waals surface area contributed by atoms with E-state index in [1.165, 1.54) is 109 Å². The number of nitrogens with one attached hydrogen (secondary N) is 1. The highest BCUT2D eigenvalue weighted by Gasteiger charge is 2.17. The van der Waals surface area contributed by atoms with Gasteiger partial charge in [0.05, 0.1) is 18.8 Å². The van der Waals surface area contributed by atoms with Crippen LogP contribution in [0.15, 0.2) is 24.3 Å². The average molecular weight is 522 g/mol. The number of carbonyl (C=O) groups excluding carboxylic acids is 1. The zero-order chi connectivity index (χ0) is 27.2. The minimum Gasteiger partial charge on any atom is -0.394 e. The number of aliphatic hydroxyl groups excluding tert-OH is 2. The quantitative estimate of drug-likeness (QED) is 0.0711. The zero-order valence-corrected chi connectivity index (χ0v) is 24.7. The number of allylic oxidation sites excluding steroid dienone is 3. The molecular formula is C33H63NO3. The third kappa shape index (κ3) is 26.3. The number of aliphatic hydroxyl groups is 2. The number of amides is 1. The fourth-order valence-corrected chi connectivity index (χ4v) is 4.66. The van der Waals surface area contributed by atoms with Crippen molar-refractivity contribution in [3.8, 4) is 0 Å². The Balaban J connectivity index is 3.69. The molecule has 1 amide bonds. The lowest BCUT2D eigenvalue weighted by atomic mass is 10.0. The van der Waals surface area contributed by atoms with Gasteiger partial charge in [0.25, 0.3) is 0 Å². The van der Waals surface area contributed by atoms with Crippen molar-refractivity contribution in [3.63, 3.8) is 0 Å². The van der Waals surface area contributed by atoms with E-state index in [0.717, 1.165) is 32.1 Å². The molecule has 0 heterocycles. The SMILES string of the molecule is CCCCCCC/C=C/CC/C=C/C(O)C(CO)NC(=O)CCCCCCCCCCCCCCCC. The summed E-state index contributed by atoms with van der Waals surface area (Å²) in [4.78, 5) is 12.2. The molecule has 0 bridgehead atoms. The molecule has 0 aliphatic carbocycles. The van der Waals surface area contributed by atoms with Gasteiger partial charge in [0.2, 0.25) is 5.91 Å². The lowest BCUT2D eigenvalue weighted by Gasteiger charge is -2.19. The van der Waals surface area contributed by atoms with Crippen LogP contribution in [-0.2, 0) is 4.79 Å². The summed E-state index contributed by atoms with van der Waals surface area (Å²) in [5, 5.41) is 22.7. The van der Waals surface area contributed by atoms with E-state index in [9.17, 15) is 15.0 Å². The van der Waals surface area contributed by atoms with Crippen molar-refractivity contribution in [2.24, 2.45) is 0 Å². The van der Waals surface area contributed by atoms with Crippen molar-refractivity contribution < 1.29 is 15.0 Å². The molecule has 0 radical (unpaired) electrons. The van der Waals surface area contributed by atoms with E-state index in [-0.39, 0.29) is 12.5 Å². The number of hydrogen-bond acceptors (Lipinski definition) is 3. The molecule has 2 atom stereocenters. The second-order valence-corrected chi connectivity index (χ2v) is 10.9. The van der Waals surface area contributed by atoms with Gasteiger partial charge in [-0.25, -0.2) is 0 Å². The molecule has 37 heavy (non-hydrogen) atoms. The van der Waals surface area contributed by atoms with Gasteiger partial charge in [-0.3, -0.25) is 4.79 Å². The van der Waals surface area contributed by atoms with Gasteiger partial charge in [0.1, 0.15) is 0 Å². The first kappa shape index (κ1) is 35.9. The molecule has 0 spiro atoms. The summed E-state index contributed by atoms with van der Waals surface area (Å²) in [6.07, 6.45) is 35.3. The Kier molecular flexibility index (Phi) is 28.5. The Bertz CT molecular complexity index is 532. The van der Waals surface area contributed by atoms with E-state index >= 15 is 0 Å². The highest BCUT2D eigenvalue weighted by Crippen LogP contribution is 2.13. The molecule has 3 N–H and O–H groups in total. The van der Waals surface area contributed by atoms with E-state index < -0.39 is 12.1 Å². The largest absolute Gasteiger partial charge is 0.394 e. The van der Waals surface area contributed by atoms with Crippen LogP contribution in [-0.4, -0.2) is 34.9 Å². The van der Waals surface area contributed by atoms with Crippen molar-refractivity contribution in [2.45, 2.75) is 174 Å². The number of rotatable bonds is 28. The predicted molar refractivity (Wildman–Crippen MR) is 161 cm³/mol. The van der Waals surface area contributed by atoms with Crippen LogP contribution in [0.25, 0.3) is 0 Å². The number of hydrogen-bond donors (Lipinski definition) is 3. The van der Waals surface area contributed by atoms with Gasteiger partial charge in [-0.1, -0.05) is 147 Å². The summed E-state index contributed by atoms with van der Waals surface area (Å²) in [6.45, 7) is 4.25. The summed E-state index contributed by atoms with van der Waals surface area (Å²) < 4.78 is 0. The van der Waals surface area contributed by atoms with Gasteiger partial charge in [-0.05, 0) is 32.1 Å². The first-order valence-corrected chi connectivity index (χ1v) is 16.1. The van der Waals surface area contributed by atoms with Crippen LogP contribution in [0, 0.1) is 0 Å². The second kappa shape index (κ2) is 29.4. The second-order valence-electron chi connectivity index (χ2n) is 10.9. The number of unbranched alkanes of at least 4 members (excludes halogenated alkanes) is 19. The third-order valence-electron chi connectivity index (χ3n) is 7.19. The molecule has 0 rings (SSSR count). The fraction of sp³-hybridized carbons (Fsp3) is 0.848. The minimum atomic E-state index is -0.854. The van der Waals surface area contributed by atoms with E-state index in [2.05, 4.69) is 31.3 Å². The van der Waals surface area contributed by atoms with Gasteiger partial charge in [0, 0.05) is 6.42 Å². The summed E-state index contributed by atoms with van der Waals surface area (Å²) in [6, 6.07) is -0.631. The first-order chi connectivity index (χ1) is 18.2. The first-order valence-electron chi connectivity index (χ1n) is 16.1. The molecule has 4 nitrogen and oxygen atoms in total. The predicted octanol–water partition coefficient (Wildman–Crippen LogP) is 8.95. The lowest BCUT2D eigenvalue weighted by molar-refractivity contribution is -0.123. The van der Waals surface area contributed by atoms with Gasteiger partial charge >= 0.3 is 0 Å². The molecule has 0 aromatic carbocycles. The zero-order valence-electron chi connectivity index (χ0n) is 24.7. The van der Waals surface area contributed by atoms with E-state index in [4.69, 9.17) is 0 Å². The van der Waals surface area contributed by atoms with Gasteiger partial charge in [0.15, 0.2) is 0 Å². The summed E-state index contributed by atoms with van der Waals surface area (Å²) in [5.74, 6) is -0.0766. The van der Waals surface area contributed by atoms with Crippen LogP contribution < -0.4 is 5.32 Å².